The molecule has 4 N–H and O–H groups in total. The molecule has 15 nitrogen and oxygen atoms in total. The zero-order chi connectivity index (χ0) is 42.0. The molecule has 3 rings (SSSR count). The van der Waals surface area contributed by atoms with Crippen LogP contribution in [0.1, 0.15) is 102 Å². The van der Waals surface area contributed by atoms with Gasteiger partial charge in [-0.3, -0.25) is 9.59 Å². The van der Waals surface area contributed by atoms with E-state index in [2.05, 4.69) is 0 Å². The lowest BCUT2D eigenvalue weighted by Gasteiger charge is -2.49. The number of esters is 2. The number of aliphatic hydroxyl groups excluding tert-OH is 2. The van der Waals surface area contributed by atoms with Gasteiger partial charge in [0.25, 0.3) is 0 Å². The zero-order valence-electron chi connectivity index (χ0n) is 36.1. The van der Waals surface area contributed by atoms with Crippen LogP contribution in [0.5, 0.6) is 0 Å². The summed E-state index contributed by atoms with van der Waals surface area (Å²) in [6.07, 6.45) is -8.28. The van der Waals surface area contributed by atoms with Crippen LogP contribution in [-0.2, 0) is 42.7 Å². The van der Waals surface area contributed by atoms with Crippen molar-refractivity contribution in [2.45, 2.75) is 192 Å². The van der Waals surface area contributed by atoms with Crippen LogP contribution in [0.3, 0.4) is 0 Å². The van der Waals surface area contributed by atoms with Gasteiger partial charge in [-0.05, 0) is 94.8 Å². The van der Waals surface area contributed by atoms with Gasteiger partial charge < -0.3 is 63.4 Å². The van der Waals surface area contributed by atoms with E-state index in [1.165, 1.54) is 21.0 Å². The predicted octanol–water partition coefficient (Wildman–Crippen LogP) is 2.47. The first-order valence-electron chi connectivity index (χ1n) is 20.0. The van der Waals surface area contributed by atoms with Gasteiger partial charge in [-0.1, -0.05) is 20.8 Å². The number of likely N-dealkylation sites (N-methyl/N-ethyl adjacent to an activating group) is 2. The number of hydrogen-bond acceptors (Lipinski definition) is 15. The molecule has 1 unspecified atom stereocenters. The summed E-state index contributed by atoms with van der Waals surface area (Å²) in [6, 6.07) is -0.823. The third kappa shape index (κ3) is 11.2. The van der Waals surface area contributed by atoms with E-state index in [0.717, 1.165) is 0 Å². The van der Waals surface area contributed by atoms with Crippen molar-refractivity contribution >= 4 is 11.9 Å². The van der Waals surface area contributed by atoms with Crippen LogP contribution in [0.15, 0.2) is 0 Å². The monoisotopic (exact) mass is 791 g/mol. The van der Waals surface area contributed by atoms with Crippen molar-refractivity contribution in [2.75, 3.05) is 34.8 Å². The number of hydrogen-bond donors (Lipinski definition) is 4. The van der Waals surface area contributed by atoms with Crippen molar-refractivity contribution < 1.29 is 63.2 Å². The molecule has 0 saturated carbocycles. The molecule has 55 heavy (non-hydrogen) atoms. The highest BCUT2D eigenvalue weighted by atomic mass is 16.7. The number of carbonyl (C=O) groups is 2. The third-order valence-corrected chi connectivity index (χ3v) is 12.5. The second-order valence-corrected chi connectivity index (χ2v) is 17.7. The topological polar surface area (TPSA) is 186 Å². The number of cyclic esters (lactones) is 1. The molecule has 18 atom stereocenters. The predicted molar refractivity (Wildman–Crippen MR) is 204 cm³/mol. The van der Waals surface area contributed by atoms with Crippen LogP contribution in [0.25, 0.3) is 0 Å². The van der Waals surface area contributed by atoms with Gasteiger partial charge in [0, 0.05) is 39.0 Å². The molecule has 322 valence electrons. The Morgan fingerprint density at radius 3 is 2.13 bits per heavy atom. The normalized spacial score (nSPS) is 47.4. The largest absolute Gasteiger partial charge is 0.459 e. The maximum absolute atomic E-state index is 14.3. The first-order valence-corrected chi connectivity index (χ1v) is 20.0. The van der Waals surface area contributed by atoms with Crippen molar-refractivity contribution in [3.8, 4) is 0 Å². The number of carbonyl (C=O) groups excluding carboxylic acids is 2. The first kappa shape index (κ1) is 47.9. The minimum Gasteiger partial charge on any atom is -0.459 e. The average Bonchev–Trinajstić information content (AvgIpc) is 3.08. The van der Waals surface area contributed by atoms with Crippen LogP contribution >= 0.6 is 0 Å². The van der Waals surface area contributed by atoms with E-state index in [-0.39, 0.29) is 37.3 Å². The van der Waals surface area contributed by atoms with Crippen molar-refractivity contribution in [1.29, 1.82) is 0 Å². The molecule has 3 saturated heterocycles. The smallest absolute Gasteiger partial charge is 0.311 e. The van der Waals surface area contributed by atoms with Gasteiger partial charge in [0.15, 0.2) is 18.7 Å². The number of aliphatic hydroxyl groups is 4. The number of nitrogens with zero attached hydrogens (tertiary/aromatic N) is 2. The van der Waals surface area contributed by atoms with E-state index < -0.39 is 102 Å². The quantitative estimate of drug-likeness (QED) is 0.263. The fraction of sp³-hybridized carbons (Fsp3) is 0.950. The van der Waals surface area contributed by atoms with Crippen molar-refractivity contribution in [3.05, 3.63) is 0 Å². The van der Waals surface area contributed by atoms with E-state index in [9.17, 15) is 30.0 Å². The average molecular weight is 791 g/mol. The van der Waals surface area contributed by atoms with E-state index in [1.807, 2.05) is 51.7 Å². The number of rotatable bonds is 8. The lowest BCUT2D eigenvalue weighted by molar-refractivity contribution is -0.318. The highest BCUT2D eigenvalue weighted by Crippen LogP contribution is 2.40. The van der Waals surface area contributed by atoms with Gasteiger partial charge in [-0.25, -0.2) is 0 Å². The van der Waals surface area contributed by atoms with Crippen LogP contribution in [0.2, 0.25) is 0 Å². The Morgan fingerprint density at radius 1 is 0.964 bits per heavy atom. The van der Waals surface area contributed by atoms with Gasteiger partial charge in [0.2, 0.25) is 0 Å². The van der Waals surface area contributed by atoms with Gasteiger partial charge in [0.05, 0.1) is 47.6 Å². The number of ether oxygens (including phenoxy) is 7. The fourth-order valence-corrected chi connectivity index (χ4v) is 9.04. The zero-order valence-corrected chi connectivity index (χ0v) is 36.1. The summed E-state index contributed by atoms with van der Waals surface area (Å²) < 4.78 is 43.9. The maximum atomic E-state index is 14.3. The molecule has 3 aliphatic rings. The molecule has 3 fully saturated rings. The summed E-state index contributed by atoms with van der Waals surface area (Å²) in [5, 5.41) is 46.9. The maximum Gasteiger partial charge on any atom is 0.311 e. The molecule has 15 heteroatoms. The van der Waals surface area contributed by atoms with Crippen LogP contribution in [0, 0.1) is 17.8 Å². The Hall–Kier alpha value is -1.50. The fourth-order valence-electron chi connectivity index (χ4n) is 9.04. The molecule has 3 heterocycles. The molecule has 0 bridgehead atoms. The highest BCUT2D eigenvalue weighted by molar-refractivity contribution is 5.73. The Labute approximate surface area is 329 Å². The molecule has 3 aliphatic heterocycles. The summed E-state index contributed by atoms with van der Waals surface area (Å²) in [5.41, 5.74) is -4.45. The molecule has 0 amide bonds. The molecular formula is C40H74N2O13. The van der Waals surface area contributed by atoms with Crippen molar-refractivity contribution in [1.82, 2.24) is 9.80 Å². The molecule has 0 aromatic carbocycles. The molecule has 0 aromatic heterocycles. The number of methoxy groups -OCH3 is 1. The Morgan fingerprint density at radius 2 is 1.58 bits per heavy atom. The highest BCUT2D eigenvalue weighted by Gasteiger charge is 2.53. The third-order valence-electron chi connectivity index (χ3n) is 12.5. The first-order chi connectivity index (χ1) is 25.3. The Bertz CT molecular complexity index is 1250. The summed E-state index contributed by atoms with van der Waals surface area (Å²) >= 11 is 0. The second kappa shape index (κ2) is 19.0. The van der Waals surface area contributed by atoms with Gasteiger partial charge in [-0.2, -0.15) is 0 Å². The summed E-state index contributed by atoms with van der Waals surface area (Å²) in [4.78, 5) is 30.7. The van der Waals surface area contributed by atoms with Crippen LogP contribution < -0.4 is 0 Å². The SMILES string of the molecule is CC[C@H]1OC(=O)[C@H](C)[C@@H](OC2C[C@@](C)(OC)[C@@H](O)[C@H](C)O2)[C@H](C)[C@@H](O[C@@H]2O[C@H](C)C[C@H](N(C)C)[C@H]2OC(C)=O)[C@](C)(O)C[C@@H](C)CN(C)[C@H](C)[C@@H](O)[C@]1(C)O. The molecule has 0 aliphatic carbocycles. The Kier molecular flexibility index (Phi) is 16.6. The lowest BCUT2D eigenvalue weighted by atomic mass is 9.77. The van der Waals surface area contributed by atoms with Crippen molar-refractivity contribution in [3.63, 3.8) is 0 Å². The van der Waals surface area contributed by atoms with Crippen LogP contribution in [-0.4, -0.2) is 167 Å². The minimum absolute atomic E-state index is 0.115. The molecule has 0 aromatic rings. The van der Waals surface area contributed by atoms with Gasteiger partial charge >= 0.3 is 11.9 Å². The van der Waals surface area contributed by atoms with E-state index >= 15 is 0 Å². The lowest BCUT2D eigenvalue weighted by Crippen LogP contribution is -2.61. The van der Waals surface area contributed by atoms with Crippen molar-refractivity contribution in [2.24, 2.45) is 17.8 Å². The standard InChI is InChI=1S/C40H74N2O13/c1-16-29-40(11,48)33(44)25(6)42(14)20-21(2)18-38(9,47)35(55-37-32(52-27(8)43)28(41(12)13)17-22(3)50-37)23(4)31(24(5)36(46)53-29)54-30-19-39(10,49-15)34(45)26(7)51-30/h21-26,28-35,37,44-45,47-48H,16-20H2,1-15H3/t21-,22-,23+,24-,25-,26+,28+,29-,30?,31+,32-,33-,34+,35-,37+,38-,39-,40-/m1/s1. The summed E-state index contributed by atoms with van der Waals surface area (Å²) in [6.45, 7) is 19.3. The summed E-state index contributed by atoms with van der Waals surface area (Å²) in [7, 11) is 7.12. The summed E-state index contributed by atoms with van der Waals surface area (Å²) in [5.74, 6) is -3.20. The Balaban J connectivity index is 2.23. The van der Waals surface area contributed by atoms with E-state index in [4.69, 9.17) is 33.2 Å². The van der Waals surface area contributed by atoms with E-state index in [1.54, 1.807) is 41.5 Å². The minimum atomic E-state index is -1.82. The van der Waals surface area contributed by atoms with E-state index in [0.29, 0.717) is 13.0 Å². The molecule has 0 radical (unpaired) electrons. The molecular weight excluding hydrogens is 716 g/mol. The van der Waals surface area contributed by atoms with Gasteiger partial charge in [0.1, 0.15) is 23.9 Å². The van der Waals surface area contributed by atoms with Crippen LogP contribution in [0.4, 0.5) is 0 Å². The van der Waals surface area contributed by atoms with Gasteiger partial charge in [-0.15, -0.1) is 0 Å². The molecule has 0 spiro atoms. The second-order valence-electron chi connectivity index (χ2n) is 17.7.